The van der Waals surface area contributed by atoms with Gasteiger partial charge in [-0.25, -0.2) is 4.98 Å². The molecule has 0 saturated heterocycles. The smallest absolute Gasteiger partial charge is 0.217 e. The fraction of sp³-hybridized carbons (Fsp3) is 0.273. The van der Waals surface area contributed by atoms with Crippen molar-refractivity contribution in [2.24, 2.45) is 0 Å². The Labute approximate surface area is 93.9 Å². The van der Waals surface area contributed by atoms with E-state index in [1.54, 1.807) is 19.5 Å². The number of rotatable bonds is 5. The van der Waals surface area contributed by atoms with Gasteiger partial charge in [0.1, 0.15) is 0 Å². The van der Waals surface area contributed by atoms with E-state index in [4.69, 9.17) is 4.74 Å². The molecule has 0 saturated carbocycles. The first-order valence-electron chi connectivity index (χ1n) is 5.07. The van der Waals surface area contributed by atoms with Gasteiger partial charge >= 0.3 is 0 Å². The fourth-order valence-corrected chi connectivity index (χ4v) is 1.46. The normalized spacial score (nSPS) is 10.3. The molecule has 16 heavy (non-hydrogen) atoms. The van der Waals surface area contributed by atoms with Gasteiger partial charge in [0.05, 0.1) is 7.11 Å². The summed E-state index contributed by atoms with van der Waals surface area (Å²) in [7, 11) is 1.63. The van der Waals surface area contributed by atoms with E-state index in [0.29, 0.717) is 5.88 Å². The van der Waals surface area contributed by atoms with Crippen molar-refractivity contribution in [3.05, 3.63) is 41.9 Å². The minimum Gasteiger partial charge on any atom is -0.481 e. The van der Waals surface area contributed by atoms with Gasteiger partial charge in [-0.3, -0.25) is 5.10 Å². The minimum absolute atomic E-state index is 0.666. The number of aromatic amines is 1. The first-order valence-corrected chi connectivity index (χ1v) is 5.07. The summed E-state index contributed by atoms with van der Waals surface area (Å²) in [5, 5.41) is 10.1. The summed E-state index contributed by atoms with van der Waals surface area (Å²) in [4.78, 5) is 4.13. The first-order chi connectivity index (χ1) is 7.90. The van der Waals surface area contributed by atoms with Gasteiger partial charge in [0.15, 0.2) is 0 Å². The topological polar surface area (TPSA) is 62.8 Å². The molecule has 2 N–H and O–H groups in total. The Balaban J connectivity index is 1.89. The number of nitrogens with zero attached hydrogens (tertiary/aromatic N) is 2. The van der Waals surface area contributed by atoms with Gasteiger partial charge in [-0.1, -0.05) is 6.07 Å². The monoisotopic (exact) mass is 218 g/mol. The summed E-state index contributed by atoms with van der Waals surface area (Å²) in [5.74, 6) is 0.666. The maximum absolute atomic E-state index is 5.16. The number of ether oxygens (including phenoxy) is 1. The fourth-order valence-electron chi connectivity index (χ4n) is 1.46. The Bertz CT molecular complexity index is 427. The van der Waals surface area contributed by atoms with Crippen LogP contribution in [0.5, 0.6) is 5.88 Å². The van der Waals surface area contributed by atoms with Crippen molar-refractivity contribution in [2.75, 3.05) is 7.11 Å². The van der Waals surface area contributed by atoms with Crippen molar-refractivity contribution in [1.29, 1.82) is 0 Å². The highest BCUT2D eigenvalue weighted by atomic mass is 16.5. The molecule has 0 aliphatic carbocycles. The molecule has 0 radical (unpaired) electrons. The van der Waals surface area contributed by atoms with Gasteiger partial charge in [-0.05, 0) is 12.1 Å². The minimum atomic E-state index is 0.666. The van der Waals surface area contributed by atoms with E-state index in [-0.39, 0.29) is 0 Å². The molecule has 0 aromatic carbocycles. The lowest BCUT2D eigenvalue weighted by Gasteiger charge is -2.07. The summed E-state index contributed by atoms with van der Waals surface area (Å²) in [5.41, 5.74) is 2.10. The second-order valence-electron chi connectivity index (χ2n) is 3.36. The van der Waals surface area contributed by atoms with Crippen LogP contribution in [0.25, 0.3) is 0 Å². The Morgan fingerprint density at radius 3 is 3.00 bits per heavy atom. The third kappa shape index (κ3) is 2.58. The van der Waals surface area contributed by atoms with Crippen molar-refractivity contribution >= 4 is 0 Å². The van der Waals surface area contributed by atoms with Gasteiger partial charge in [-0.15, -0.1) is 0 Å². The van der Waals surface area contributed by atoms with E-state index in [0.717, 1.165) is 24.3 Å². The van der Waals surface area contributed by atoms with E-state index in [2.05, 4.69) is 20.5 Å². The van der Waals surface area contributed by atoms with Gasteiger partial charge in [0, 0.05) is 36.7 Å². The molecule has 0 aliphatic heterocycles. The number of hydrogen-bond acceptors (Lipinski definition) is 4. The average molecular weight is 218 g/mol. The lowest BCUT2D eigenvalue weighted by Crippen LogP contribution is -2.14. The predicted molar refractivity (Wildman–Crippen MR) is 59.9 cm³/mol. The van der Waals surface area contributed by atoms with E-state index in [1.807, 2.05) is 18.2 Å². The Kier molecular flexibility index (Phi) is 3.50. The molecule has 2 aromatic heterocycles. The van der Waals surface area contributed by atoms with Crippen molar-refractivity contribution in [1.82, 2.24) is 20.5 Å². The van der Waals surface area contributed by atoms with Crippen molar-refractivity contribution in [3.8, 4) is 5.88 Å². The second kappa shape index (κ2) is 5.27. The van der Waals surface area contributed by atoms with E-state index < -0.39 is 0 Å². The molecule has 0 spiro atoms. The first kappa shape index (κ1) is 10.6. The molecule has 2 heterocycles. The Morgan fingerprint density at radius 1 is 1.31 bits per heavy atom. The average Bonchev–Trinajstić information content (AvgIpc) is 2.83. The number of hydrogen-bond donors (Lipinski definition) is 2. The van der Waals surface area contributed by atoms with Crippen LogP contribution in [0.1, 0.15) is 11.3 Å². The van der Waals surface area contributed by atoms with E-state index in [1.165, 1.54) is 0 Å². The summed E-state index contributed by atoms with van der Waals surface area (Å²) in [6.45, 7) is 1.47. The van der Waals surface area contributed by atoms with Crippen LogP contribution in [0.3, 0.4) is 0 Å². The molecular formula is C11H14N4O. The van der Waals surface area contributed by atoms with Crippen LogP contribution in [-0.2, 0) is 13.1 Å². The summed E-state index contributed by atoms with van der Waals surface area (Å²) in [6, 6.07) is 5.83. The third-order valence-electron chi connectivity index (χ3n) is 2.23. The molecule has 84 valence electrons. The highest BCUT2D eigenvalue weighted by Gasteiger charge is 2.02. The van der Waals surface area contributed by atoms with Crippen molar-refractivity contribution < 1.29 is 4.74 Å². The highest BCUT2D eigenvalue weighted by molar-refractivity contribution is 5.25. The molecule has 0 amide bonds. The Hall–Kier alpha value is -1.88. The van der Waals surface area contributed by atoms with Gasteiger partial charge in [-0.2, -0.15) is 5.10 Å². The maximum atomic E-state index is 5.16. The number of nitrogens with one attached hydrogen (secondary N) is 2. The quantitative estimate of drug-likeness (QED) is 0.789. The van der Waals surface area contributed by atoms with Crippen LogP contribution in [0, 0.1) is 0 Å². The van der Waals surface area contributed by atoms with E-state index >= 15 is 0 Å². The van der Waals surface area contributed by atoms with Crippen LogP contribution in [-0.4, -0.2) is 22.3 Å². The number of H-pyrrole nitrogens is 1. The SMILES string of the molecule is COc1ncccc1CNCc1ccn[nH]1. The van der Waals surface area contributed by atoms with Crippen LogP contribution in [0.4, 0.5) is 0 Å². The molecular weight excluding hydrogens is 204 g/mol. The van der Waals surface area contributed by atoms with Crippen LogP contribution >= 0.6 is 0 Å². The summed E-state index contributed by atoms with van der Waals surface area (Å²) >= 11 is 0. The standard InChI is InChI=1S/C11H14N4O/c1-16-11-9(3-2-5-13-11)7-12-8-10-4-6-14-15-10/h2-6,12H,7-8H2,1H3,(H,14,15). The molecule has 0 bridgehead atoms. The predicted octanol–water partition coefficient (Wildman–Crippen LogP) is 1.10. The van der Waals surface area contributed by atoms with Crippen molar-refractivity contribution in [2.45, 2.75) is 13.1 Å². The van der Waals surface area contributed by atoms with Crippen LogP contribution < -0.4 is 10.1 Å². The third-order valence-corrected chi connectivity index (χ3v) is 2.23. The molecule has 2 rings (SSSR count). The number of methoxy groups -OCH3 is 1. The molecule has 0 atom stereocenters. The highest BCUT2D eigenvalue weighted by Crippen LogP contribution is 2.12. The molecule has 5 nitrogen and oxygen atoms in total. The lowest BCUT2D eigenvalue weighted by atomic mass is 10.2. The van der Waals surface area contributed by atoms with E-state index in [9.17, 15) is 0 Å². The Morgan fingerprint density at radius 2 is 2.25 bits per heavy atom. The largest absolute Gasteiger partial charge is 0.481 e. The lowest BCUT2D eigenvalue weighted by molar-refractivity contribution is 0.390. The van der Waals surface area contributed by atoms with Gasteiger partial charge in [0.25, 0.3) is 0 Å². The number of aromatic nitrogens is 3. The van der Waals surface area contributed by atoms with Gasteiger partial charge in [0.2, 0.25) is 5.88 Å². The molecule has 0 aliphatic rings. The van der Waals surface area contributed by atoms with Crippen molar-refractivity contribution in [3.63, 3.8) is 0 Å². The molecule has 2 aromatic rings. The molecule has 5 heteroatoms. The van der Waals surface area contributed by atoms with Gasteiger partial charge < -0.3 is 10.1 Å². The van der Waals surface area contributed by atoms with Crippen LogP contribution in [0.2, 0.25) is 0 Å². The zero-order valence-electron chi connectivity index (χ0n) is 9.10. The van der Waals surface area contributed by atoms with Crippen LogP contribution in [0.15, 0.2) is 30.6 Å². The summed E-state index contributed by atoms with van der Waals surface area (Å²) in [6.07, 6.45) is 3.46. The maximum Gasteiger partial charge on any atom is 0.217 e. The summed E-state index contributed by atoms with van der Waals surface area (Å²) < 4.78 is 5.16. The zero-order chi connectivity index (χ0) is 11.2. The number of pyridine rings is 1. The molecule has 0 unspecified atom stereocenters. The zero-order valence-corrected chi connectivity index (χ0v) is 9.10. The second-order valence-corrected chi connectivity index (χ2v) is 3.36. The molecule has 0 fully saturated rings.